The topological polar surface area (TPSA) is 114 Å². The number of benzene rings is 1. The highest BCUT2D eigenvalue weighted by molar-refractivity contribution is 5.95. The molecule has 7 nitrogen and oxygen atoms in total. The van der Waals surface area contributed by atoms with E-state index in [1.54, 1.807) is 12.1 Å². The van der Waals surface area contributed by atoms with Gasteiger partial charge in [-0.1, -0.05) is 30.3 Å². The minimum atomic E-state index is -0.842. The summed E-state index contributed by atoms with van der Waals surface area (Å²) in [5.74, 6) is -1.07. The minimum absolute atomic E-state index is 0.264. The Labute approximate surface area is 144 Å². The van der Waals surface area contributed by atoms with Crippen LogP contribution in [0.4, 0.5) is 0 Å². The maximum Gasteiger partial charge on any atom is 0.244 e. The van der Waals surface area contributed by atoms with Crippen molar-refractivity contribution in [3.05, 3.63) is 66.1 Å². The van der Waals surface area contributed by atoms with Crippen LogP contribution in [0.25, 0.3) is 6.08 Å². The fourth-order valence-corrected chi connectivity index (χ4v) is 2.09. The molecule has 130 valence electrons. The van der Waals surface area contributed by atoms with Gasteiger partial charge in [0, 0.05) is 12.5 Å². The number of hydrogen-bond donors (Lipinski definition) is 3. The van der Waals surface area contributed by atoms with Crippen LogP contribution < -0.4 is 16.4 Å². The number of primary amides is 1. The molecule has 3 amide bonds. The number of amides is 3. The van der Waals surface area contributed by atoms with Crippen LogP contribution in [0.3, 0.4) is 0 Å². The number of carbonyl (C=O) groups is 3. The van der Waals surface area contributed by atoms with Gasteiger partial charge in [-0.25, -0.2) is 0 Å². The van der Waals surface area contributed by atoms with E-state index in [0.717, 1.165) is 5.56 Å². The second-order valence-corrected chi connectivity index (χ2v) is 5.28. The molecule has 0 aliphatic carbocycles. The van der Waals surface area contributed by atoms with Gasteiger partial charge in [-0.05, 0) is 23.8 Å². The van der Waals surface area contributed by atoms with Gasteiger partial charge < -0.3 is 20.8 Å². The summed E-state index contributed by atoms with van der Waals surface area (Å²) < 4.78 is 5.05. The Balaban J connectivity index is 1.80. The van der Waals surface area contributed by atoms with E-state index >= 15 is 0 Å². The zero-order valence-corrected chi connectivity index (χ0v) is 13.5. The summed E-state index contributed by atoms with van der Waals surface area (Å²) >= 11 is 0. The van der Waals surface area contributed by atoms with E-state index in [4.69, 9.17) is 10.2 Å². The summed E-state index contributed by atoms with van der Waals surface area (Å²) in [6.45, 7) is -0.264. The molecule has 0 bridgehead atoms. The normalized spacial score (nSPS) is 11.8. The van der Waals surface area contributed by atoms with Crippen LogP contribution in [0.5, 0.6) is 0 Å². The molecular weight excluding hydrogens is 322 g/mol. The van der Waals surface area contributed by atoms with Gasteiger partial charge in [0.2, 0.25) is 17.7 Å². The van der Waals surface area contributed by atoms with Crippen molar-refractivity contribution in [2.24, 2.45) is 5.73 Å². The smallest absolute Gasteiger partial charge is 0.244 e. The molecule has 1 aromatic carbocycles. The first-order valence-electron chi connectivity index (χ1n) is 7.66. The Hall–Kier alpha value is -3.35. The summed E-state index contributed by atoms with van der Waals surface area (Å²) in [6, 6.07) is 11.7. The molecule has 4 N–H and O–H groups in total. The molecule has 0 saturated heterocycles. The summed E-state index contributed by atoms with van der Waals surface area (Å²) in [5, 5.41) is 4.94. The number of hydrogen-bond acceptors (Lipinski definition) is 4. The largest absolute Gasteiger partial charge is 0.465 e. The Morgan fingerprint density at radius 3 is 2.52 bits per heavy atom. The van der Waals surface area contributed by atoms with Crippen molar-refractivity contribution in [1.82, 2.24) is 10.6 Å². The van der Waals surface area contributed by atoms with E-state index in [0.29, 0.717) is 5.76 Å². The third-order valence-electron chi connectivity index (χ3n) is 3.33. The molecule has 0 aliphatic heterocycles. The second-order valence-electron chi connectivity index (χ2n) is 5.28. The van der Waals surface area contributed by atoms with E-state index in [2.05, 4.69) is 10.6 Å². The first-order valence-corrected chi connectivity index (χ1v) is 7.66. The Morgan fingerprint density at radius 1 is 1.12 bits per heavy atom. The molecule has 7 heteroatoms. The van der Waals surface area contributed by atoms with Crippen molar-refractivity contribution in [2.75, 3.05) is 6.54 Å². The van der Waals surface area contributed by atoms with Crippen LogP contribution in [-0.4, -0.2) is 30.3 Å². The fraction of sp³-hybridized carbons (Fsp3) is 0.167. The maximum atomic E-state index is 11.9. The zero-order chi connectivity index (χ0) is 18.1. The first-order chi connectivity index (χ1) is 12.0. The lowest BCUT2D eigenvalue weighted by Gasteiger charge is -2.15. The predicted octanol–water partition coefficient (Wildman–Crippen LogP) is 0.622. The second kappa shape index (κ2) is 9.07. The van der Waals surface area contributed by atoms with E-state index in [-0.39, 0.29) is 13.0 Å². The molecule has 2 rings (SSSR count). The summed E-state index contributed by atoms with van der Waals surface area (Å²) in [7, 11) is 0. The Kier molecular flexibility index (Phi) is 6.53. The number of nitrogens with one attached hydrogen (secondary N) is 2. The van der Waals surface area contributed by atoms with Crippen LogP contribution in [0.2, 0.25) is 0 Å². The van der Waals surface area contributed by atoms with Gasteiger partial charge in [-0.15, -0.1) is 0 Å². The zero-order valence-electron chi connectivity index (χ0n) is 13.5. The van der Waals surface area contributed by atoms with Crippen molar-refractivity contribution in [3.8, 4) is 0 Å². The minimum Gasteiger partial charge on any atom is -0.465 e. The first kappa shape index (κ1) is 18.0. The Morgan fingerprint density at radius 2 is 1.88 bits per heavy atom. The van der Waals surface area contributed by atoms with E-state index in [1.807, 2.05) is 30.3 Å². The standard InChI is InChI=1S/C18H19N3O4/c19-18(24)15(11-13-5-2-1-3-6-13)21-17(23)12-20-16(22)9-8-14-7-4-10-25-14/h1-10,15H,11-12H2,(H2,19,24)(H,20,22)(H,21,23)/b9-8+/t15-/m1/s1. The average molecular weight is 341 g/mol. The fourth-order valence-electron chi connectivity index (χ4n) is 2.09. The highest BCUT2D eigenvalue weighted by Gasteiger charge is 2.18. The molecule has 1 atom stereocenters. The average Bonchev–Trinajstić information content (AvgIpc) is 3.12. The van der Waals surface area contributed by atoms with Crippen LogP contribution in [0, 0.1) is 0 Å². The summed E-state index contributed by atoms with van der Waals surface area (Å²) in [4.78, 5) is 35.1. The van der Waals surface area contributed by atoms with Gasteiger partial charge in [-0.3, -0.25) is 14.4 Å². The van der Waals surface area contributed by atoms with Gasteiger partial charge in [0.1, 0.15) is 11.8 Å². The number of furan rings is 1. The van der Waals surface area contributed by atoms with Gasteiger partial charge >= 0.3 is 0 Å². The van der Waals surface area contributed by atoms with Gasteiger partial charge in [0.05, 0.1) is 12.8 Å². The number of rotatable bonds is 8. The van der Waals surface area contributed by atoms with Crippen LogP contribution in [-0.2, 0) is 20.8 Å². The number of nitrogens with two attached hydrogens (primary N) is 1. The summed E-state index contributed by atoms with van der Waals surface area (Å²) in [5.41, 5.74) is 6.20. The third-order valence-corrected chi connectivity index (χ3v) is 3.33. The molecule has 0 unspecified atom stereocenters. The van der Waals surface area contributed by atoms with Crippen molar-refractivity contribution >= 4 is 23.8 Å². The molecule has 0 spiro atoms. The lowest BCUT2D eigenvalue weighted by atomic mass is 10.1. The molecule has 0 saturated carbocycles. The van der Waals surface area contributed by atoms with Gasteiger partial charge in [0.15, 0.2) is 0 Å². The Bertz CT molecular complexity index is 739. The lowest BCUT2D eigenvalue weighted by molar-refractivity contribution is -0.127. The third kappa shape index (κ3) is 6.34. The monoisotopic (exact) mass is 341 g/mol. The lowest BCUT2D eigenvalue weighted by Crippen LogP contribution is -2.48. The molecule has 0 fully saturated rings. The van der Waals surface area contributed by atoms with Crippen LogP contribution >= 0.6 is 0 Å². The molecular formula is C18H19N3O4. The molecule has 2 aromatic rings. The van der Waals surface area contributed by atoms with Crippen molar-refractivity contribution in [2.45, 2.75) is 12.5 Å². The number of carbonyl (C=O) groups excluding carboxylic acids is 3. The van der Waals surface area contributed by atoms with Crippen molar-refractivity contribution in [3.63, 3.8) is 0 Å². The van der Waals surface area contributed by atoms with E-state index in [1.165, 1.54) is 18.4 Å². The SMILES string of the molecule is NC(=O)[C@@H](Cc1ccccc1)NC(=O)CNC(=O)/C=C/c1ccco1. The molecule has 25 heavy (non-hydrogen) atoms. The summed E-state index contributed by atoms with van der Waals surface area (Å²) in [6.07, 6.45) is 4.51. The van der Waals surface area contributed by atoms with Gasteiger partial charge in [0.25, 0.3) is 0 Å². The molecule has 0 radical (unpaired) electrons. The van der Waals surface area contributed by atoms with Crippen molar-refractivity contribution < 1.29 is 18.8 Å². The van der Waals surface area contributed by atoms with E-state index in [9.17, 15) is 14.4 Å². The quantitative estimate of drug-likeness (QED) is 0.611. The maximum absolute atomic E-state index is 11.9. The van der Waals surface area contributed by atoms with Crippen LogP contribution in [0.1, 0.15) is 11.3 Å². The predicted molar refractivity (Wildman–Crippen MR) is 92.0 cm³/mol. The van der Waals surface area contributed by atoms with Gasteiger partial charge in [-0.2, -0.15) is 0 Å². The van der Waals surface area contributed by atoms with Crippen molar-refractivity contribution in [1.29, 1.82) is 0 Å². The van der Waals surface area contributed by atoms with E-state index < -0.39 is 23.8 Å². The molecule has 1 aromatic heterocycles. The van der Waals surface area contributed by atoms with Crippen LogP contribution in [0.15, 0.2) is 59.2 Å². The highest BCUT2D eigenvalue weighted by atomic mass is 16.3. The molecule has 1 heterocycles. The highest BCUT2D eigenvalue weighted by Crippen LogP contribution is 2.03. The molecule has 0 aliphatic rings.